The minimum atomic E-state index is -0.111. The van der Waals surface area contributed by atoms with Crippen LogP contribution in [0.25, 0.3) is 0 Å². The third-order valence-corrected chi connectivity index (χ3v) is 3.36. The molecule has 98 valence electrons. The van der Waals surface area contributed by atoms with Crippen molar-refractivity contribution >= 4 is 21.8 Å². The molecule has 1 aromatic heterocycles. The van der Waals surface area contributed by atoms with E-state index in [0.29, 0.717) is 5.56 Å². The summed E-state index contributed by atoms with van der Waals surface area (Å²) in [5, 5.41) is 2.96. The van der Waals surface area contributed by atoms with Gasteiger partial charge in [-0.2, -0.15) is 0 Å². The highest BCUT2D eigenvalue weighted by Crippen LogP contribution is 2.18. The quantitative estimate of drug-likeness (QED) is 0.938. The molecule has 0 fully saturated rings. The van der Waals surface area contributed by atoms with Gasteiger partial charge in [0.2, 0.25) is 0 Å². The second kappa shape index (κ2) is 5.97. The molecule has 1 amide bonds. The molecule has 1 aromatic carbocycles. The molecule has 0 bridgehead atoms. The Labute approximate surface area is 121 Å². The molecule has 0 spiro atoms. The zero-order valence-electron chi connectivity index (χ0n) is 10.9. The minimum Gasteiger partial charge on any atom is -0.345 e. The first-order chi connectivity index (χ1) is 9.06. The Kier molecular flexibility index (Phi) is 4.32. The molecular weight excluding hydrogens is 304 g/mol. The summed E-state index contributed by atoms with van der Waals surface area (Å²) >= 11 is 3.43. The van der Waals surface area contributed by atoms with E-state index in [1.807, 2.05) is 44.2 Å². The number of hydrogen-bond donors (Lipinski definition) is 1. The number of hydrogen-bond acceptors (Lipinski definition) is 2. The number of benzene rings is 1. The van der Waals surface area contributed by atoms with Gasteiger partial charge >= 0.3 is 0 Å². The largest absolute Gasteiger partial charge is 0.345 e. The molecule has 2 aromatic rings. The Bertz CT molecular complexity index is 581. The highest BCUT2D eigenvalue weighted by atomic mass is 79.9. The fourth-order valence-electron chi connectivity index (χ4n) is 1.74. The topological polar surface area (TPSA) is 42.0 Å². The van der Waals surface area contributed by atoms with E-state index in [-0.39, 0.29) is 11.9 Å². The molecule has 0 saturated heterocycles. The lowest BCUT2D eigenvalue weighted by molar-refractivity contribution is 0.0939. The molecule has 0 aliphatic carbocycles. The molecule has 1 unspecified atom stereocenters. The van der Waals surface area contributed by atoms with Crippen molar-refractivity contribution in [3.8, 4) is 0 Å². The van der Waals surface area contributed by atoms with E-state index in [1.165, 1.54) is 0 Å². The standard InChI is InChI=1S/C15H15BrN2O/c1-10-6-7-13(9-17-10)15(19)18-11(2)12-4-3-5-14(16)8-12/h3-9,11H,1-2H3,(H,18,19). The number of halogens is 1. The number of amides is 1. The fraction of sp³-hybridized carbons (Fsp3) is 0.200. The van der Waals surface area contributed by atoms with Crippen LogP contribution < -0.4 is 5.32 Å². The summed E-state index contributed by atoms with van der Waals surface area (Å²) in [7, 11) is 0. The van der Waals surface area contributed by atoms with E-state index < -0.39 is 0 Å². The third kappa shape index (κ3) is 3.64. The molecule has 0 aliphatic rings. The Morgan fingerprint density at radius 2 is 2.11 bits per heavy atom. The van der Waals surface area contributed by atoms with Crippen LogP contribution in [-0.4, -0.2) is 10.9 Å². The maximum atomic E-state index is 12.1. The predicted octanol–water partition coefficient (Wildman–Crippen LogP) is 3.64. The highest BCUT2D eigenvalue weighted by molar-refractivity contribution is 9.10. The predicted molar refractivity (Wildman–Crippen MR) is 79.0 cm³/mol. The zero-order valence-corrected chi connectivity index (χ0v) is 12.4. The van der Waals surface area contributed by atoms with Gasteiger partial charge < -0.3 is 5.32 Å². The van der Waals surface area contributed by atoms with Gasteiger partial charge in [0, 0.05) is 16.4 Å². The average molecular weight is 319 g/mol. The molecule has 3 nitrogen and oxygen atoms in total. The van der Waals surface area contributed by atoms with Gasteiger partial charge in [-0.15, -0.1) is 0 Å². The van der Waals surface area contributed by atoms with Gasteiger partial charge in [-0.1, -0.05) is 28.1 Å². The number of carbonyl (C=O) groups excluding carboxylic acids is 1. The second-order valence-electron chi connectivity index (χ2n) is 4.44. The number of pyridine rings is 1. The van der Waals surface area contributed by atoms with Gasteiger partial charge in [0.05, 0.1) is 11.6 Å². The van der Waals surface area contributed by atoms with Crippen LogP contribution in [0, 0.1) is 6.92 Å². The minimum absolute atomic E-state index is 0.0497. The van der Waals surface area contributed by atoms with Crippen molar-refractivity contribution in [2.45, 2.75) is 19.9 Å². The van der Waals surface area contributed by atoms with Crippen molar-refractivity contribution in [1.82, 2.24) is 10.3 Å². The van der Waals surface area contributed by atoms with Crippen molar-refractivity contribution < 1.29 is 4.79 Å². The summed E-state index contributed by atoms with van der Waals surface area (Å²) in [5.74, 6) is -0.111. The normalized spacial score (nSPS) is 11.9. The number of nitrogens with zero attached hydrogens (tertiary/aromatic N) is 1. The summed E-state index contributed by atoms with van der Waals surface area (Å²) < 4.78 is 1.00. The number of aryl methyl sites for hydroxylation is 1. The van der Waals surface area contributed by atoms with Gasteiger partial charge in [-0.3, -0.25) is 9.78 Å². The molecule has 4 heteroatoms. The molecule has 0 saturated carbocycles. The summed E-state index contributed by atoms with van der Waals surface area (Å²) in [5.41, 5.74) is 2.53. The molecule has 1 N–H and O–H groups in total. The molecule has 2 rings (SSSR count). The maximum absolute atomic E-state index is 12.1. The van der Waals surface area contributed by atoms with Crippen LogP contribution in [0.1, 0.15) is 34.6 Å². The van der Waals surface area contributed by atoms with Crippen LogP contribution in [0.2, 0.25) is 0 Å². The SMILES string of the molecule is Cc1ccc(C(=O)NC(C)c2cccc(Br)c2)cn1. The summed E-state index contributed by atoms with van der Waals surface area (Å²) in [6.07, 6.45) is 1.60. The molecular formula is C15H15BrN2O. The van der Waals surface area contributed by atoms with Gasteiger partial charge in [0.15, 0.2) is 0 Å². The van der Waals surface area contributed by atoms with Crippen LogP contribution in [0.5, 0.6) is 0 Å². The number of carbonyl (C=O) groups is 1. The van der Waals surface area contributed by atoms with Crippen LogP contribution in [-0.2, 0) is 0 Å². The molecule has 0 radical (unpaired) electrons. The van der Waals surface area contributed by atoms with E-state index in [1.54, 1.807) is 12.3 Å². The average Bonchev–Trinajstić information content (AvgIpc) is 2.39. The Hall–Kier alpha value is -1.68. The Morgan fingerprint density at radius 3 is 2.74 bits per heavy atom. The lowest BCUT2D eigenvalue weighted by Gasteiger charge is -2.14. The van der Waals surface area contributed by atoms with Crippen molar-refractivity contribution in [2.75, 3.05) is 0 Å². The third-order valence-electron chi connectivity index (χ3n) is 2.87. The summed E-state index contributed by atoms with van der Waals surface area (Å²) in [6, 6.07) is 11.5. The first-order valence-corrected chi connectivity index (χ1v) is 6.84. The number of nitrogens with one attached hydrogen (secondary N) is 1. The summed E-state index contributed by atoms with van der Waals surface area (Å²) in [6.45, 7) is 3.85. The van der Waals surface area contributed by atoms with Crippen molar-refractivity contribution in [2.24, 2.45) is 0 Å². The first kappa shape index (κ1) is 13.7. The van der Waals surface area contributed by atoms with Crippen molar-refractivity contribution in [3.63, 3.8) is 0 Å². The van der Waals surface area contributed by atoms with Crippen molar-refractivity contribution in [3.05, 3.63) is 63.9 Å². The highest BCUT2D eigenvalue weighted by Gasteiger charge is 2.11. The van der Waals surface area contributed by atoms with E-state index in [9.17, 15) is 4.79 Å². The zero-order chi connectivity index (χ0) is 13.8. The van der Waals surface area contributed by atoms with Gasteiger partial charge in [0.25, 0.3) is 5.91 Å². The Morgan fingerprint density at radius 1 is 1.32 bits per heavy atom. The van der Waals surface area contributed by atoms with Gasteiger partial charge in [-0.05, 0) is 43.7 Å². The molecule has 1 heterocycles. The number of aromatic nitrogens is 1. The van der Waals surface area contributed by atoms with E-state index in [0.717, 1.165) is 15.7 Å². The van der Waals surface area contributed by atoms with Crippen molar-refractivity contribution in [1.29, 1.82) is 0 Å². The Balaban J connectivity index is 2.08. The first-order valence-electron chi connectivity index (χ1n) is 6.05. The maximum Gasteiger partial charge on any atom is 0.253 e. The van der Waals surface area contributed by atoms with Crippen LogP contribution in [0.15, 0.2) is 47.1 Å². The summed E-state index contributed by atoms with van der Waals surface area (Å²) in [4.78, 5) is 16.2. The van der Waals surface area contributed by atoms with Crippen LogP contribution in [0.4, 0.5) is 0 Å². The lowest BCUT2D eigenvalue weighted by Crippen LogP contribution is -2.26. The van der Waals surface area contributed by atoms with Crippen LogP contribution in [0.3, 0.4) is 0 Å². The molecule has 0 aliphatic heterocycles. The molecule has 19 heavy (non-hydrogen) atoms. The van der Waals surface area contributed by atoms with E-state index in [4.69, 9.17) is 0 Å². The fourth-order valence-corrected chi connectivity index (χ4v) is 2.16. The molecule has 1 atom stereocenters. The van der Waals surface area contributed by atoms with Gasteiger partial charge in [-0.25, -0.2) is 0 Å². The van der Waals surface area contributed by atoms with Gasteiger partial charge in [0.1, 0.15) is 0 Å². The smallest absolute Gasteiger partial charge is 0.253 e. The van der Waals surface area contributed by atoms with E-state index in [2.05, 4.69) is 26.2 Å². The number of rotatable bonds is 3. The second-order valence-corrected chi connectivity index (χ2v) is 5.35. The van der Waals surface area contributed by atoms with Crippen LogP contribution >= 0.6 is 15.9 Å². The van der Waals surface area contributed by atoms with E-state index >= 15 is 0 Å². The lowest BCUT2D eigenvalue weighted by atomic mass is 10.1. The monoisotopic (exact) mass is 318 g/mol.